The number of aliphatic hydroxyl groups excluding tert-OH is 4. The van der Waals surface area contributed by atoms with E-state index in [9.17, 15) is 33.3 Å². The first-order chi connectivity index (χ1) is 11.6. The fourth-order valence-corrected chi connectivity index (χ4v) is 2.72. The van der Waals surface area contributed by atoms with Crippen molar-refractivity contribution in [2.75, 3.05) is 6.61 Å². The van der Waals surface area contributed by atoms with Crippen LogP contribution in [0.15, 0.2) is 29.3 Å². The summed E-state index contributed by atoms with van der Waals surface area (Å²) in [6.07, 6.45) is -14.0. The molecule has 1 aliphatic rings. The van der Waals surface area contributed by atoms with E-state index in [1.54, 1.807) is 0 Å². The Morgan fingerprint density at radius 1 is 1.28 bits per heavy atom. The Balaban J connectivity index is 2.23. The highest BCUT2D eigenvalue weighted by Crippen LogP contribution is 2.32. The largest absolute Gasteiger partial charge is 0.457 e. The van der Waals surface area contributed by atoms with Gasteiger partial charge in [-0.2, -0.15) is 13.2 Å². The predicted octanol–water partition coefficient (Wildman–Crippen LogP) is 0.193. The van der Waals surface area contributed by atoms with Gasteiger partial charge in [0.2, 0.25) is 12.0 Å². The van der Waals surface area contributed by atoms with Gasteiger partial charge in [-0.1, -0.05) is 6.07 Å². The number of hydrogen-bond acceptors (Lipinski definition) is 8. The number of aliphatic hydroxyl groups is 4. The van der Waals surface area contributed by atoms with E-state index < -0.39 is 55.0 Å². The number of hydrogen-bond donors (Lipinski definition) is 4. The molecule has 0 spiro atoms. The maximum atomic E-state index is 13.1. The lowest BCUT2D eigenvalue weighted by molar-refractivity contribution is -0.302. The van der Waals surface area contributed by atoms with E-state index in [1.165, 1.54) is 17.5 Å². The molecule has 0 saturated carbocycles. The monoisotopic (exact) mass is 384 g/mol. The molecule has 0 aliphatic carbocycles. The van der Waals surface area contributed by atoms with Crippen LogP contribution in [0, 0.1) is 0 Å². The van der Waals surface area contributed by atoms with Gasteiger partial charge in [0, 0.05) is 6.08 Å². The van der Waals surface area contributed by atoms with Crippen LogP contribution in [-0.4, -0.2) is 69.7 Å². The number of carbonyl (C=O) groups is 1. The second-order valence-corrected chi connectivity index (χ2v) is 6.11. The Morgan fingerprint density at radius 3 is 2.48 bits per heavy atom. The Morgan fingerprint density at radius 2 is 1.96 bits per heavy atom. The smallest absolute Gasteiger partial charge is 0.449 e. The molecule has 1 aromatic rings. The normalized spacial score (nSPS) is 31.0. The molecule has 7 nitrogen and oxygen atoms in total. The van der Waals surface area contributed by atoms with Crippen LogP contribution < -0.4 is 0 Å². The maximum Gasteiger partial charge on any atom is 0.449 e. The van der Waals surface area contributed by atoms with Crippen molar-refractivity contribution < 1.29 is 47.9 Å². The van der Waals surface area contributed by atoms with Crippen LogP contribution in [0.25, 0.3) is 0 Å². The lowest BCUT2D eigenvalue weighted by Gasteiger charge is -2.39. The first-order valence-electron chi connectivity index (χ1n) is 6.99. The fourth-order valence-electron chi connectivity index (χ4n) is 2.08. The standard InChI is InChI=1S/C14H15F3O7S/c15-14(16,17)9(4-6(19)8-2-1-3-25-8)24-13-12(22)11(21)10(20)7(5-18)23-13/h1-4,7,10-13,18,20-22H,5H2/t7-,10+,11+,12-,13+/m1/s1. The van der Waals surface area contributed by atoms with Gasteiger partial charge in [-0.25, -0.2) is 0 Å². The Kier molecular flexibility index (Phi) is 6.19. The summed E-state index contributed by atoms with van der Waals surface area (Å²) in [5, 5.41) is 39.4. The molecule has 1 saturated heterocycles. The molecular formula is C14H15F3O7S. The number of ether oxygens (including phenoxy) is 2. The van der Waals surface area contributed by atoms with Crippen molar-refractivity contribution in [3.8, 4) is 0 Å². The Hall–Kier alpha value is -1.50. The van der Waals surface area contributed by atoms with Gasteiger partial charge in [-0.3, -0.25) is 4.79 Å². The van der Waals surface area contributed by atoms with E-state index in [0.29, 0.717) is 0 Å². The lowest BCUT2D eigenvalue weighted by atomic mass is 9.99. The molecule has 2 rings (SSSR count). The van der Waals surface area contributed by atoms with E-state index in [-0.39, 0.29) is 11.0 Å². The molecule has 2 heterocycles. The summed E-state index contributed by atoms with van der Waals surface area (Å²) in [6, 6.07) is 2.81. The first-order valence-corrected chi connectivity index (χ1v) is 7.87. The Labute approximate surface area is 143 Å². The summed E-state index contributed by atoms with van der Waals surface area (Å²) in [5.74, 6) is -2.71. The summed E-state index contributed by atoms with van der Waals surface area (Å²) in [7, 11) is 0. The van der Waals surface area contributed by atoms with Crippen molar-refractivity contribution in [2.45, 2.75) is 36.9 Å². The zero-order valence-corrected chi connectivity index (χ0v) is 13.3. The summed E-state index contributed by atoms with van der Waals surface area (Å²) in [6.45, 7) is -0.829. The van der Waals surface area contributed by atoms with Gasteiger partial charge in [-0.15, -0.1) is 11.3 Å². The molecule has 140 valence electrons. The SMILES string of the molecule is O=C(C=C(O[C@@H]1O[C@H](CO)[C@H](O)[C@H](O)[C@H]1O)C(F)(F)F)c1cccs1. The van der Waals surface area contributed by atoms with Crippen molar-refractivity contribution in [3.05, 3.63) is 34.2 Å². The highest BCUT2D eigenvalue weighted by Gasteiger charge is 2.47. The molecule has 4 N–H and O–H groups in total. The van der Waals surface area contributed by atoms with Gasteiger partial charge in [0.25, 0.3) is 0 Å². The minimum absolute atomic E-state index is 0.0409. The van der Waals surface area contributed by atoms with Crippen LogP contribution in [0.4, 0.5) is 13.2 Å². The molecule has 0 aromatic carbocycles. The molecular weight excluding hydrogens is 369 g/mol. The maximum absolute atomic E-state index is 13.1. The molecule has 1 fully saturated rings. The number of alkyl halides is 3. The van der Waals surface area contributed by atoms with Gasteiger partial charge in [0.1, 0.15) is 24.4 Å². The zero-order valence-electron chi connectivity index (χ0n) is 12.5. The van der Waals surface area contributed by atoms with E-state index in [2.05, 4.69) is 4.74 Å². The molecule has 1 aromatic heterocycles. The third kappa shape index (κ3) is 4.57. The number of halogens is 3. The first kappa shape index (κ1) is 19.8. The van der Waals surface area contributed by atoms with Crippen LogP contribution >= 0.6 is 11.3 Å². The summed E-state index contributed by atoms with van der Waals surface area (Å²) in [4.78, 5) is 11.9. The highest BCUT2D eigenvalue weighted by atomic mass is 32.1. The van der Waals surface area contributed by atoms with Crippen molar-refractivity contribution in [3.63, 3.8) is 0 Å². The van der Waals surface area contributed by atoms with Crippen LogP contribution in [-0.2, 0) is 9.47 Å². The minimum Gasteiger partial charge on any atom is -0.457 e. The van der Waals surface area contributed by atoms with Gasteiger partial charge in [-0.05, 0) is 11.4 Å². The molecule has 1 aliphatic heterocycles. The van der Waals surface area contributed by atoms with Gasteiger partial charge < -0.3 is 29.9 Å². The topological polar surface area (TPSA) is 116 Å². The number of thiophene rings is 1. The molecule has 11 heteroatoms. The average molecular weight is 384 g/mol. The van der Waals surface area contributed by atoms with Crippen LogP contribution in [0.3, 0.4) is 0 Å². The van der Waals surface area contributed by atoms with Crippen molar-refractivity contribution in [2.24, 2.45) is 0 Å². The molecule has 5 atom stereocenters. The van der Waals surface area contributed by atoms with Crippen molar-refractivity contribution in [1.82, 2.24) is 0 Å². The third-order valence-electron chi connectivity index (χ3n) is 3.40. The lowest BCUT2D eigenvalue weighted by Crippen LogP contribution is -2.59. The van der Waals surface area contributed by atoms with Crippen LogP contribution in [0.5, 0.6) is 0 Å². The fraction of sp³-hybridized carbons (Fsp3) is 0.500. The number of allylic oxidation sites excluding steroid dienone is 2. The number of carbonyl (C=O) groups excluding carboxylic acids is 1. The van der Waals surface area contributed by atoms with Gasteiger partial charge in [0.05, 0.1) is 11.5 Å². The second kappa shape index (κ2) is 7.81. The van der Waals surface area contributed by atoms with E-state index >= 15 is 0 Å². The van der Waals surface area contributed by atoms with E-state index in [0.717, 1.165) is 11.3 Å². The average Bonchev–Trinajstić information content (AvgIpc) is 3.08. The molecule has 0 bridgehead atoms. The minimum atomic E-state index is -5.08. The second-order valence-electron chi connectivity index (χ2n) is 5.16. The molecule has 25 heavy (non-hydrogen) atoms. The zero-order chi connectivity index (χ0) is 18.8. The van der Waals surface area contributed by atoms with Crippen LogP contribution in [0.2, 0.25) is 0 Å². The summed E-state index contributed by atoms with van der Waals surface area (Å²) >= 11 is 0.931. The molecule has 0 radical (unpaired) electrons. The van der Waals surface area contributed by atoms with Gasteiger partial charge in [0.15, 0.2) is 5.78 Å². The van der Waals surface area contributed by atoms with Gasteiger partial charge >= 0.3 is 6.18 Å². The predicted molar refractivity (Wildman–Crippen MR) is 77.6 cm³/mol. The highest BCUT2D eigenvalue weighted by molar-refractivity contribution is 7.12. The number of rotatable bonds is 5. The summed E-state index contributed by atoms with van der Waals surface area (Å²) in [5.41, 5.74) is 0. The van der Waals surface area contributed by atoms with Crippen LogP contribution in [0.1, 0.15) is 9.67 Å². The summed E-state index contributed by atoms with van der Waals surface area (Å²) < 4.78 is 48.7. The third-order valence-corrected chi connectivity index (χ3v) is 4.28. The molecule has 0 amide bonds. The van der Waals surface area contributed by atoms with E-state index in [1.807, 2.05) is 0 Å². The van der Waals surface area contributed by atoms with Crippen molar-refractivity contribution in [1.29, 1.82) is 0 Å². The molecule has 0 unspecified atom stereocenters. The Bertz CT molecular complexity index is 614. The van der Waals surface area contributed by atoms with Crippen molar-refractivity contribution >= 4 is 17.1 Å². The van der Waals surface area contributed by atoms with E-state index in [4.69, 9.17) is 9.84 Å². The number of ketones is 1. The quantitative estimate of drug-likeness (QED) is 0.325.